The summed E-state index contributed by atoms with van der Waals surface area (Å²) >= 11 is 0. The molecule has 7 heteroatoms. The zero-order chi connectivity index (χ0) is 15.5. The molecule has 4 N–H and O–H groups in total. The van der Waals surface area contributed by atoms with E-state index in [2.05, 4.69) is 10.5 Å². The highest BCUT2D eigenvalue weighted by Gasteiger charge is 2.54. The van der Waals surface area contributed by atoms with Gasteiger partial charge < -0.3 is 25.7 Å². The number of nitrogens with zero attached hydrogens (tertiary/aromatic N) is 1. The molecule has 0 radical (unpaired) electrons. The van der Waals surface area contributed by atoms with Crippen molar-refractivity contribution in [3.05, 3.63) is 23.8 Å². The number of nitrogens with two attached hydrogens (primary N) is 1. The second kappa shape index (κ2) is 5.90. The van der Waals surface area contributed by atoms with Gasteiger partial charge in [0, 0.05) is 18.2 Å². The quantitative estimate of drug-likeness (QED) is 0.312. The highest BCUT2D eigenvalue weighted by atomic mass is 16.5. The number of amidine groups is 1. The van der Waals surface area contributed by atoms with Gasteiger partial charge in [0.2, 0.25) is 5.91 Å². The van der Waals surface area contributed by atoms with Crippen molar-refractivity contribution in [2.24, 2.45) is 16.3 Å². The topological polar surface area (TPSA) is 106 Å². The first-order chi connectivity index (χ1) is 10.1. The van der Waals surface area contributed by atoms with Gasteiger partial charge in [-0.1, -0.05) is 5.16 Å². The van der Waals surface area contributed by atoms with Gasteiger partial charge >= 0.3 is 0 Å². The van der Waals surface area contributed by atoms with Crippen molar-refractivity contribution >= 4 is 11.7 Å². The van der Waals surface area contributed by atoms with Gasteiger partial charge in [0.25, 0.3) is 0 Å². The Morgan fingerprint density at radius 2 is 2.14 bits per heavy atom. The third-order valence-corrected chi connectivity index (χ3v) is 3.72. The van der Waals surface area contributed by atoms with E-state index in [0.29, 0.717) is 30.9 Å². The molecular formula is C14H19N3O4. The predicted molar refractivity (Wildman–Crippen MR) is 76.5 cm³/mol. The van der Waals surface area contributed by atoms with Crippen LogP contribution in [0, 0.1) is 5.41 Å². The number of benzene rings is 1. The number of nitrogens with one attached hydrogen (secondary N) is 1. The number of ether oxygens (including phenoxy) is 2. The Bertz CT molecular complexity index is 567. The highest BCUT2D eigenvalue weighted by molar-refractivity contribution is 6.09. The van der Waals surface area contributed by atoms with E-state index in [-0.39, 0.29) is 11.7 Å². The van der Waals surface area contributed by atoms with Gasteiger partial charge in [0.1, 0.15) is 16.9 Å². The molecule has 21 heavy (non-hydrogen) atoms. The molecule has 0 spiro atoms. The lowest BCUT2D eigenvalue weighted by Crippen LogP contribution is -2.40. The molecule has 1 saturated carbocycles. The van der Waals surface area contributed by atoms with Crippen molar-refractivity contribution in [1.29, 1.82) is 0 Å². The Morgan fingerprint density at radius 3 is 2.67 bits per heavy atom. The van der Waals surface area contributed by atoms with E-state index in [1.54, 1.807) is 26.4 Å². The fourth-order valence-corrected chi connectivity index (χ4v) is 2.16. The number of carbonyl (C=O) groups is 1. The lowest BCUT2D eigenvalue weighted by atomic mass is 10.0. The first kappa shape index (κ1) is 15.0. The summed E-state index contributed by atoms with van der Waals surface area (Å²) < 4.78 is 10.4. The van der Waals surface area contributed by atoms with Crippen LogP contribution in [0.3, 0.4) is 0 Å². The van der Waals surface area contributed by atoms with Gasteiger partial charge in [-0.3, -0.25) is 4.79 Å². The van der Waals surface area contributed by atoms with Crippen molar-refractivity contribution in [3.63, 3.8) is 0 Å². The van der Waals surface area contributed by atoms with Gasteiger partial charge in [-0.25, -0.2) is 0 Å². The first-order valence-corrected chi connectivity index (χ1v) is 6.54. The number of hydrogen-bond acceptors (Lipinski definition) is 5. The van der Waals surface area contributed by atoms with Gasteiger partial charge in [-0.05, 0) is 25.0 Å². The van der Waals surface area contributed by atoms with Crippen molar-refractivity contribution in [2.75, 3.05) is 14.2 Å². The highest BCUT2D eigenvalue weighted by Crippen LogP contribution is 2.46. The van der Waals surface area contributed by atoms with Gasteiger partial charge in [-0.15, -0.1) is 0 Å². The Balaban J connectivity index is 2.05. The lowest BCUT2D eigenvalue weighted by molar-refractivity contribution is -0.124. The SMILES string of the molecule is COc1ccc(CNC(=O)C2(/C(N)=N/O)CC2)c(OC)c1. The molecule has 0 atom stereocenters. The molecule has 0 heterocycles. The van der Waals surface area contributed by atoms with E-state index < -0.39 is 5.41 Å². The summed E-state index contributed by atoms with van der Waals surface area (Å²) in [4.78, 5) is 12.2. The molecule has 114 valence electrons. The van der Waals surface area contributed by atoms with Gasteiger partial charge in [-0.2, -0.15) is 0 Å². The average Bonchev–Trinajstić information content (AvgIpc) is 3.33. The Hall–Kier alpha value is -2.44. The summed E-state index contributed by atoms with van der Waals surface area (Å²) in [5.41, 5.74) is 5.54. The van der Waals surface area contributed by atoms with Crippen LogP contribution in [0.1, 0.15) is 18.4 Å². The maximum Gasteiger partial charge on any atom is 0.234 e. The van der Waals surface area contributed by atoms with Crippen LogP contribution in [-0.4, -0.2) is 31.2 Å². The number of rotatable bonds is 6. The van der Waals surface area contributed by atoms with E-state index >= 15 is 0 Å². The van der Waals surface area contributed by atoms with Crippen LogP contribution in [0.4, 0.5) is 0 Å². The molecule has 0 aliphatic heterocycles. The molecule has 1 aromatic rings. The largest absolute Gasteiger partial charge is 0.497 e. The number of hydrogen-bond donors (Lipinski definition) is 3. The van der Waals surface area contributed by atoms with Crippen LogP contribution >= 0.6 is 0 Å². The summed E-state index contributed by atoms with van der Waals surface area (Å²) in [5.74, 6) is 1.03. The molecule has 1 aromatic carbocycles. The summed E-state index contributed by atoms with van der Waals surface area (Å²) in [7, 11) is 3.13. The Morgan fingerprint density at radius 1 is 1.43 bits per heavy atom. The molecule has 0 saturated heterocycles. The third kappa shape index (κ3) is 2.86. The average molecular weight is 293 g/mol. The van der Waals surface area contributed by atoms with Crippen molar-refractivity contribution < 1.29 is 19.5 Å². The molecular weight excluding hydrogens is 274 g/mol. The molecule has 0 bridgehead atoms. The van der Waals surface area contributed by atoms with Crippen LogP contribution < -0.4 is 20.5 Å². The summed E-state index contributed by atoms with van der Waals surface area (Å²) in [6.07, 6.45) is 1.18. The summed E-state index contributed by atoms with van der Waals surface area (Å²) in [5, 5.41) is 14.5. The molecule has 0 unspecified atom stereocenters. The number of carbonyl (C=O) groups excluding carboxylic acids is 1. The standard InChI is InChI=1S/C14H19N3O4/c1-20-10-4-3-9(11(7-10)21-2)8-16-13(18)14(5-6-14)12(15)17-19/h3-4,7,19H,5-6,8H2,1-2H3,(H2,15,17)(H,16,18). The van der Waals surface area contributed by atoms with E-state index in [1.165, 1.54) is 0 Å². The van der Waals surface area contributed by atoms with Crippen molar-refractivity contribution in [1.82, 2.24) is 5.32 Å². The summed E-state index contributed by atoms with van der Waals surface area (Å²) in [6.45, 7) is 0.298. The van der Waals surface area contributed by atoms with Crippen molar-refractivity contribution in [2.45, 2.75) is 19.4 Å². The zero-order valence-electron chi connectivity index (χ0n) is 12.0. The van der Waals surface area contributed by atoms with Gasteiger partial charge in [0.15, 0.2) is 5.84 Å². The van der Waals surface area contributed by atoms with Crippen LogP contribution in [-0.2, 0) is 11.3 Å². The molecule has 1 aliphatic rings. The van der Waals surface area contributed by atoms with Crippen LogP contribution in [0.5, 0.6) is 11.5 Å². The minimum absolute atomic E-state index is 0.0401. The maximum absolute atomic E-state index is 12.2. The van der Waals surface area contributed by atoms with E-state index in [1.807, 2.05) is 6.07 Å². The fraction of sp³-hybridized carbons (Fsp3) is 0.429. The van der Waals surface area contributed by atoms with Crippen molar-refractivity contribution in [3.8, 4) is 11.5 Å². The molecule has 2 rings (SSSR count). The Kier molecular flexibility index (Phi) is 4.21. The second-order valence-electron chi connectivity index (χ2n) is 4.93. The molecule has 0 aromatic heterocycles. The fourth-order valence-electron chi connectivity index (χ4n) is 2.16. The molecule has 1 fully saturated rings. The number of amides is 1. The number of oxime groups is 1. The predicted octanol–water partition coefficient (Wildman–Crippen LogP) is 0.847. The molecule has 1 aliphatic carbocycles. The monoisotopic (exact) mass is 293 g/mol. The molecule has 7 nitrogen and oxygen atoms in total. The summed E-state index contributed by atoms with van der Waals surface area (Å²) in [6, 6.07) is 5.36. The Labute approximate surface area is 122 Å². The first-order valence-electron chi connectivity index (χ1n) is 6.54. The normalized spacial score (nSPS) is 16.2. The van der Waals surface area contributed by atoms with Gasteiger partial charge in [0.05, 0.1) is 14.2 Å². The minimum atomic E-state index is -0.853. The van der Waals surface area contributed by atoms with Crippen LogP contribution in [0.15, 0.2) is 23.4 Å². The minimum Gasteiger partial charge on any atom is -0.497 e. The third-order valence-electron chi connectivity index (χ3n) is 3.72. The van der Waals surface area contributed by atoms with E-state index in [9.17, 15) is 4.79 Å². The zero-order valence-corrected chi connectivity index (χ0v) is 12.0. The van der Waals surface area contributed by atoms with E-state index in [4.69, 9.17) is 20.4 Å². The maximum atomic E-state index is 12.2. The van der Waals surface area contributed by atoms with Crippen LogP contribution in [0.25, 0.3) is 0 Å². The second-order valence-corrected chi connectivity index (χ2v) is 4.93. The smallest absolute Gasteiger partial charge is 0.234 e. The van der Waals surface area contributed by atoms with E-state index in [0.717, 1.165) is 5.56 Å². The lowest BCUT2D eigenvalue weighted by Gasteiger charge is -2.15. The number of methoxy groups -OCH3 is 2. The van der Waals surface area contributed by atoms with Crippen LogP contribution in [0.2, 0.25) is 0 Å². The molecule has 1 amide bonds.